The third-order valence-corrected chi connectivity index (χ3v) is 2.58. The molecular formula is C12H20N2O5. The molecule has 1 aromatic rings. The molecule has 1 aromatic carbocycles. The molecule has 0 unspecified atom stereocenters. The van der Waals surface area contributed by atoms with E-state index in [1.807, 2.05) is 6.92 Å². The molecule has 0 saturated heterocycles. The molecule has 0 amide bonds. The lowest BCUT2D eigenvalue weighted by atomic mass is 10.1. The zero-order valence-corrected chi connectivity index (χ0v) is 10.6. The van der Waals surface area contributed by atoms with Crippen LogP contribution < -0.4 is 10.6 Å². The molecule has 0 atom stereocenters. The van der Waals surface area contributed by atoms with Crippen LogP contribution in [0.3, 0.4) is 0 Å². The Morgan fingerprint density at radius 3 is 2.00 bits per heavy atom. The van der Waals surface area contributed by atoms with Crippen LogP contribution in [0.4, 0.5) is 0 Å². The van der Waals surface area contributed by atoms with Crippen molar-refractivity contribution in [3.05, 3.63) is 29.3 Å². The third-order valence-electron chi connectivity index (χ3n) is 2.58. The first-order chi connectivity index (χ1) is 8.90. The highest BCUT2D eigenvalue weighted by Gasteiger charge is 2.15. The molecule has 0 saturated carbocycles. The quantitative estimate of drug-likeness (QED) is 0.301. The van der Waals surface area contributed by atoms with Gasteiger partial charge in [-0.1, -0.05) is 6.07 Å². The summed E-state index contributed by atoms with van der Waals surface area (Å²) in [7, 11) is 0. The van der Waals surface area contributed by atoms with Gasteiger partial charge >= 0.3 is 0 Å². The molecular weight excluding hydrogens is 252 g/mol. The molecule has 0 bridgehead atoms. The summed E-state index contributed by atoms with van der Waals surface area (Å²) in [6.07, 6.45) is -3.60. The van der Waals surface area contributed by atoms with Crippen molar-refractivity contribution < 1.29 is 25.5 Å². The van der Waals surface area contributed by atoms with Crippen molar-refractivity contribution >= 4 is 0 Å². The molecule has 0 aromatic heterocycles. The predicted octanol–water partition coefficient (Wildman–Crippen LogP) is -1.50. The van der Waals surface area contributed by atoms with Gasteiger partial charge in [0.2, 0.25) is 0 Å². The first-order valence-corrected chi connectivity index (χ1v) is 5.88. The van der Waals surface area contributed by atoms with Crippen LogP contribution >= 0.6 is 0 Å². The van der Waals surface area contributed by atoms with Crippen molar-refractivity contribution in [2.45, 2.75) is 25.7 Å². The summed E-state index contributed by atoms with van der Waals surface area (Å²) in [5, 5.41) is 50.6. The number of phenols is 1. The van der Waals surface area contributed by atoms with Gasteiger partial charge in [-0.3, -0.25) is 10.6 Å². The Balaban J connectivity index is 2.83. The van der Waals surface area contributed by atoms with E-state index in [0.29, 0.717) is 5.56 Å². The Bertz CT molecular complexity index is 386. The van der Waals surface area contributed by atoms with Crippen LogP contribution in [0.15, 0.2) is 18.2 Å². The number of rotatable bonds is 7. The maximum absolute atomic E-state index is 9.49. The number of hydrogen-bond donors (Lipinski definition) is 7. The van der Waals surface area contributed by atoms with E-state index in [9.17, 15) is 5.11 Å². The lowest BCUT2D eigenvalue weighted by molar-refractivity contribution is -0.0463. The van der Waals surface area contributed by atoms with Crippen molar-refractivity contribution in [3.63, 3.8) is 0 Å². The molecule has 0 fully saturated rings. The first-order valence-electron chi connectivity index (χ1n) is 5.88. The highest BCUT2D eigenvalue weighted by atomic mass is 16.5. The predicted molar refractivity (Wildman–Crippen MR) is 68.0 cm³/mol. The Labute approximate surface area is 111 Å². The van der Waals surface area contributed by atoms with Crippen LogP contribution in [0.5, 0.6) is 5.75 Å². The number of benzene rings is 1. The molecule has 0 aliphatic heterocycles. The minimum Gasteiger partial charge on any atom is -0.508 e. The third kappa shape index (κ3) is 5.52. The average molecular weight is 272 g/mol. The minimum absolute atomic E-state index is 0.0725. The number of aryl methyl sites for hydroxylation is 1. The standard InChI is InChI=1S/C12H20N2O5/c1-7-2-3-8(15)4-9(7)12(13-5-10(16)17)14-6-11(18)19/h2-4,10-19H,5-6H2,1H3. The molecule has 0 spiro atoms. The summed E-state index contributed by atoms with van der Waals surface area (Å²) in [4.78, 5) is 0. The molecule has 7 N–H and O–H groups in total. The van der Waals surface area contributed by atoms with E-state index in [2.05, 4.69) is 10.6 Å². The van der Waals surface area contributed by atoms with Gasteiger partial charge in [-0.15, -0.1) is 0 Å². The van der Waals surface area contributed by atoms with Crippen molar-refractivity contribution in [1.29, 1.82) is 0 Å². The minimum atomic E-state index is -1.53. The molecule has 0 aliphatic carbocycles. The Morgan fingerprint density at radius 2 is 1.53 bits per heavy atom. The van der Waals surface area contributed by atoms with Gasteiger partial charge in [0.05, 0.1) is 6.17 Å². The first kappa shape index (κ1) is 15.8. The van der Waals surface area contributed by atoms with Gasteiger partial charge in [0.25, 0.3) is 0 Å². The van der Waals surface area contributed by atoms with Gasteiger partial charge in [-0.05, 0) is 30.2 Å². The number of aliphatic hydroxyl groups excluding tert-OH is 2. The maximum Gasteiger partial charge on any atom is 0.164 e. The van der Waals surface area contributed by atoms with E-state index in [4.69, 9.17) is 20.4 Å². The van der Waals surface area contributed by atoms with Crippen LogP contribution in [-0.4, -0.2) is 51.2 Å². The van der Waals surface area contributed by atoms with Crippen LogP contribution in [0, 0.1) is 6.92 Å². The molecule has 108 valence electrons. The van der Waals surface area contributed by atoms with Gasteiger partial charge in [0.15, 0.2) is 12.6 Å². The number of aliphatic hydroxyl groups is 4. The summed E-state index contributed by atoms with van der Waals surface area (Å²) >= 11 is 0. The van der Waals surface area contributed by atoms with Gasteiger partial charge < -0.3 is 25.5 Å². The van der Waals surface area contributed by atoms with E-state index < -0.39 is 18.7 Å². The largest absolute Gasteiger partial charge is 0.508 e. The average Bonchev–Trinajstić information content (AvgIpc) is 2.32. The smallest absolute Gasteiger partial charge is 0.164 e. The zero-order chi connectivity index (χ0) is 14.4. The van der Waals surface area contributed by atoms with E-state index in [-0.39, 0.29) is 18.8 Å². The molecule has 0 heterocycles. The van der Waals surface area contributed by atoms with E-state index in [1.165, 1.54) is 12.1 Å². The number of phenolic OH excluding ortho intramolecular Hbond substituents is 1. The summed E-state index contributed by atoms with van der Waals surface area (Å²) in [5.41, 5.74) is 1.55. The molecule has 7 heteroatoms. The van der Waals surface area contributed by atoms with Crippen molar-refractivity contribution in [2.75, 3.05) is 13.1 Å². The van der Waals surface area contributed by atoms with Gasteiger partial charge in [0.1, 0.15) is 5.75 Å². The molecule has 19 heavy (non-hydrogen) atoms. The highest BCUT2D eigenvalue weighted by molar-refractivity contribution is 5.35. The second-order valence-electron chi connectivity index (χ2n) is 4.25. The van der Waals surface area contributed by atoms with Gasteiger partial charge in [-0.2, -0.15) is 0 Å². The fraction of sp³-hybridized carbons (Fsp3) is 0.500. The zero-order valence-electron chi connectivity index (χ0n) is 10.6. The van der Waals surface area contributed by atoms with Gasteiger partial charge in [0, 0.05) is 13.1 Å². The fourth-order valence-corrected chi connectivity index (χ4v) is 1.68. The van der Waals surface area contributed by atoms with Crippen molar-refractivity contribution in [2.24, 2.45) is 0 Å². The summed E-state index contributed by atoms with van der Waals surface area (Å²) in [6.45, 7) is 1.62. The molecule has 0 radical (unpaired) electrons. The Kier molecular flexibility index (Phi) is 6.16. The highest BCUT2D eigenvalue weighted by Crippen LogP contribution is 2.21. The second-order valence-corrected chi connectivity index (χ2v) is 4.25. The maximum atomic E-state index is 9.49. The second kappa shape index (κ2) is 7.39. The molecule has 7 nitrogen and oxygen atoms in total. The van der Waals surface area contributed by atoms with Crippen molar-refractivity contribution in [1.82, 2.24) is 10.6 Å². The number of hydrogen-bond acceptors (Lipinski definition) is 7. The Morgan fingerprint density at radius 1 is 1.00 bits per heavy atom. The summed E-state index contributed by atoms with van der Waals surface area (Å²) in [5.74, 6) is 0.0725. The van der Waals surface area contributed by atoms with E-state index >= 15 is 0 Å². The fourth-order valence-electron chi connectivity index (χ4n) is 1.68. The lowest BCUT2D eigenvalue weighted by Crippen LogP contribution is -2.41. The lowest BCUT2D eigenvalue weighted by Gasteiger charge is -2.23. The van der Waals surface area contributed by atoms with Crippen LogP contribution in [0.25, 0.3) is 0 Å². The van der Waals surface area contributed by atoms with E-state index in [0.717, 1.165) is 5.56 Å². The monoisotopic (exact) mass is 272 g/mol. The Hall–Kier alpha value is -1.22. The normalized spacial score (nSPS) is 11.8. The summed E-state index contributed by atoms with van der Waals surface area (Å²) in [6, 6.07) is 4.77. The number of nitrogens with one attached hydrogen (secondary N) is 2. The van der Waals surface area contributed by atoms with E-state index in [1.54, 1.807) is 6.07 Å². The topological polar surface area (TPSA) is 125 Å². The van der Waals surface area contributed by atoms with Crippen LogP contribution in [0.2, 0.25) is 0 Å². The van der Waals surface area contributed by atoms with Crippen LogP contribution in [0.1, 0.15) is 17.3 Å². The van der Waals surface area contributed by atoms with Crippen LogP contribution in [-0.2, 0) is 0 Å². The summed E-state index contributed by atoms with van der Waals surface area (Å²) < 4.78 is 0. The molecule has 0 aliphatic rings. The van der Waals surface area contributed by atoms with Crippen molar-refractivity contribution in [3.8, 4) is 5.75 Å². The number of aromatic hydroxyl groups is 1. The molecule has 1 rings (SSSR count). The van der Waals surface area contributed by atoms with Gasteiger partial charge in [-0.25, -0.2) is 0 Å². The SMILES string of the molecule is Cc1ccc(O)cc1C(NCC(O)O)NCC(O)O.